The van der Waals surface area contributed by atoms with Gasteiger partial charge in [0, 0.05) is 6.07 Å². The number of rotatable bonds is 2. The monoisotopic (exact) mass is 236 g/mol. The van der Waals surface area contributed by atoms with Crippen LogP contribution < -0.4 is 5.76 Å². The van der Waals surface area contributed by atoms with E-state index in [2.05, 4.69) is 11.0 Å². The second-order valence-electron chi connectivity index (χ2n) is 3.16. The zero-order valence-corrected chi connectivity index (χ0v) is 8.48. The van der Waals surface area contributed by atoms with Gasteiger partial charge in [-0.25, -0.2) is 13.6 Å². The van der Waals surface area contributed by atoms with Gasteiger partial charge in [-0.3, -0.25) is 0 Å². The van der Waals surface area contributed by atoms with Crippen LogP contribution in [0.15, 0.2) is 27.4 Å². The fraction of sp³-hybridized carbons (Fsp3) is 0.0909. The summed E-state index contributed by atoms with van der Waals surface area (Å²) in [5.41, 5.74) is -0.0979. The third-order valence-corrected chi connectivity index (χ3v) is 2.01. The maximum atomic E-state index is 13.4. The van der Waals surface area contributed by atoms with Crippen LogP contribution in [0.2, 0.25) is 0 Å². The fourth-order valence-electron chi connectivity index (χ4n) is 1.26. The van der Waals surface area contributed by atoms with Gasteiger partial charge in [0.2, 0.25) is 0 Å². The summed E-state index contributed by atoms with van der Waals surface area (Å²) in [6.07, 6.45) is 5.01. The molecule has 0 aliphatic carbocycles. The highest BCUT2D eigenvalue weighted by atomic mass is 19.1. The Morgan fingerprint density at radius 1 is 1.47 bits per heavy atom. The Bertz CT molecular complexity index is 652. The minimum absolute atomic E-state index is 0.0782. The predicted octanol–water partition coefficient (Wildman–Crippen LogP) is 1.41. The van der Waals surface area contributed by atoms with Crippen molar-refractivity contribution < 1.29 is 13.2 Å². The van der Waals surface area contributed by atoms with E-state index in [9.17, 15) is 13.6 Å². The normalized spacial score (nSPS) is 10.2. The first-order chi connectivity index (χ1) is 8.11. The van der Waals surface area contributed by atoms with Crippen molar-refractivity contribution in [3.63, 3.8) is 0 Å². The number of benzene rings is 1. The first-order valence-electron chi connectivity index (χ1n) is 4.58. The lowest BCUT2D eigenvalue weighted by Gasteiger charge is -1.96. The Morgan fingerprint density at radius 2 is 2.24 bits per heavy atom. The van der Waals surface area contributed by atoms with Crippen molar-refractivity contribution in [3.05, 3.63) is 40.4 Å². The van der Waals surface area contributed by atoms with Gasteiger partial charge in [-0.2, -0.15) is 4.68 Å². The molecule has 1 heterocycles. The van der Waals surface area contributed by atoms with Crippen molar-refractivity contribution in [1.29, 1.82) is 0 Å². The predicted molar refractivity (Wildman–Crippen MR) is 54.9 cm³/mol. The molecule has 0 fully saturated rings. The molecule has 1 aromatic heterocycles. The summed E-state index contributed by atoms with van der Waals surface area (Å²) in [6.45, 7) is -0.0782. The topological polar surface area (TPSA) is 48.0 Å². The van der Waals surface area contributed by atoms with Crippen LogP contribution in [-0.2, 0) is 6.54 Å². The van der Waals surface area contributed by atoms with E-state index >= 15 is 0 Å². The number of terminal acetylenes is 1. The van der Waals surface area contributed by atoms with E-state index in [0.717, 1.165) is 16.8 Å². The van der Waals surface area contributed by atoms with Gasteiger partial charge in [-0.1, -0.05) is 5.92 Å². The Labute approximate surface area is 94.5 Å². The quantitative estimate of drug-likeness (QED) is 0.741. The molecule has 17 heavy (non-hydrogen) atoms. The van der Waals surface area contributed by atoms with Crippen LogP contribution in [0.1, 0.15) is 0 Å². The summed E-state index contributed by atoms with van der Waals surface area (Å²) < 4.78 is 31.6. The summed E-state index contributed by atoms with van der Waals surface area (Å²) in [5.74, 6) is -0.411. The van der Waals surface area contributed by atoms with Gasteiger partial charge < -0.3 is 4.42 Å². The second-order valence-corrected chi connectivity index (χ2v) is 3.16. The number of hydrogen-bond acceptors (Lipinski definition) is 3. The van der Waals surface area contributed by atoms with Crippen molar-refractivity contribution in [1.82, 2.24) is 9.78 Å². The van der Waals surface area contributed by atoms with Crippen molar-refractivity contribution in [2.45, 2.75) is 6.54 Å². The molecule has 0 saturated carbocycles. The first-order valence-corrected chi connectivity index (χ1v) is 4.58. The molecule has 0 aliphatic heterocycles. The van der Waals surface area contributed by atoms with Crippen LogP contribution in [0, 0.1) is 24.0 Å². The fourth-order valence-corrected chi connectivity index (χ4v) is 1.26. The maximum Gasteiger partial charge on any atom is 0.438 e. The van der Waals surface area contributed by atoms with Crippen molar-refractivity contribution in [2.24, 2.45) is 0 Å². The summed E-state index contributed by atoms with van der Waals surface area (Å²) in [5, 5.41) is 3.69. The molecule has 0 spiro atoms. The molecule has 4 nitrogen and oxygen atoms in total. The number of hydrogen-bond donors (Lipinski definition) is 0. The molecule has 0 N–H and O–H groups in total. The average molecular weight is 236 g/mol. The minimum Gasteiger partial charge on any atom is -0.387 e. The van der Waals surface area contributed by atoms with E-state index in [4.69, 9.17) is 10.8 Å². The van der Waals surface area contributed by atoms with Gasteiger partial charge in [0.05, 0.1) is 5.56 Å². The largest absolute Gasteiger partial charge is 0.438 e. The summed E-state index contributed by atoms with van der Waals surface area (Å²) >= 11 is 0. The van der Waals surface area contributed by atoms with Crippen LogP contribution >= 0.6 is 0 Å². The van der Waals surface area contributed by atoms with Crippen molar-refractivity contribution in [3.8, 4) is 23.8 Å². The van der Waals surface area contributed by atoms with Crippen molar-refractivity contribution in [2.75, 3.05) is 0 Å². The van der Waals surface area contributed by atoms with Crippen LogP contribution in [0.5, 0.6) is 0 Å². The third kappa shape index (κ3) is 2.08. The molecule has 2 aromatic rings. The van der Waals surface area contributed by atoms with Gasteiger partial charge in [-0.15, -0.1) is 11.5 Å². The molecular weight excluding hydrogens is 230 g/mol. The molecule has 0 atom stereocenters. The molecule has 1 aromatic carbocycles. The molecule has 0 amide bonds. The van der Waals surface area contributed by atoms with E-state index in [1.807, 2.05) is 0 Å². The Kier molecular flexibility index (Phi) is 2.75. The first kappa shape index (κ1) is 11.1. The molecular formula is C11H6F2N2O2. The van der Waals surface area contributed by atoms with Crippen LogP contribution in [0.4, 0.5) is 8.78 Å². The van der Waals surface area contributed by atoms with Gasteiger partial charge in [0.25, 0.3) is 5.89 Å². The Hall–Kier alpha value is -2.42. The summed E-state index contributed by atoms with van der Waals surface area (Å²) in [7, 11) is 0. The molecule has 2 rings (SSSR count). The second kappa shape index (κ2) is 4.22. The van der Waals surface area contributed by atoms with Gasteiger partial charge >= 0.3 is 5.76 Å². The third-order valence-electron chi connectivity index (χ3n) is 2.01. The molecule has 6 heteroatoms. The van der Waals surface area contributed by atoms with E-state index in [-0.39, 0.29) is 18.0 Å². The zero-order valence-electron chi connectivity index (χ0n) is 8.48. The highest BCUT2D eigenvalue weighted by Crippen LogP contribution is 2.20. The van der Waals surface area contributed by atoms with Crippen LogP contribution in [0.25, 0.3) is 11.5 Å². The van der Waals surface area contributed by atoms with Crippen LogP contribution in [-0.4, -0.2) is 9.78 Å². The molecule has 0 unspecified atom stereocenters. The van der Waals surface area contributed by atoms with Gasteiger partial charge in [-0.05, 0) is 12.1 Å². The minimum atomic E-state index is -0.862. The zero-order chi connectivity index (χ0) is 12.4. The smallest absolute Gasteiger partial charge is 0.387 e. The number of halogens is 2. The van der Waals surface area contributed by atoms with E-state index in [1.54, 1.807) is 0 Å². The van der Waals surface area contributed by atoms with Gasteiger partial charge in [0.1, 0.15) is 18.2 Å². The van der Waals surface area contributed by atoms with Gasteiger partial charge in [0.15, 0.2) is 0 Å². The van der Waals surface area contributed by atoms with Crippen molar-refractivity contribution >= 4 is 0 Å². The lowest BCUT2D eigenvalue weighted by Crippen LogP contribution is -2.14. The van der Waals surface area contributed by atoms with E-state index in [0.29, 0.717) is 6.07 Å². The maximum absolute atomic E-state index is 13.4. The molecule has 0 aliphatic rings. The lowest BCUT2D eigenvalue weighted by molar-refractivity contribution is 0.495. The molecule has 86 valence electrons. The average Bonchev–Trinajstić information content (AvgIpc) is 2.60. The number of aromatic nitrogens is 2. The standard InChI is InChI=1S/C11H6F2N2O2/c1-2-5-15-11(16)17-10(14-15)8-4-3-7(12)6-9(8)13/h1,3-4,6H,5H2. The SMILES string of the molecule is C#CCn1nc(-c2ccc(F)cc2F)oc1=O. The molecule has 0 radical (unpaired) electrons. The highest BCUT2D eigenvalue weighted by molar-refractivity contribution is 5.53. The summed E-state index contributed by atoms with van der Waals surface area (Å²) in [6, 6.07) is 2.85. The number of nitrogens with zero attached hydrogens (tertiary/aromatic N) is 2. The Balaban J connectivity index is 2.51. The molecule has 0 bridgehead atoms. The highest BCUT2D eigenvalue weighted by Gasteiger charge is 2.14. The lowest BCUT2D eigenvalue weighted by atomic mass is 10.2. The van der Waals surface area contributed by atoms with Crippen LogP contribution in [0.3, 0.4) is 0 Å². The Morgan fingerprint density at radius 3 is 2.88 bits per heavy atom. The van der Waals surface area contributed by atoms with E-state index < -0.39 is 17.4 Å². The molecule has 0 saturated heterocycles. The van der Waals surface area contributed by atoms with E-state index in [1.165, 1.54) is 0 Å². The summed E-state index contributed by atoms with van der Waals surface area (Å²) in [4.78, 5) is 11.2.